The highest BCUT2D eigenvalue weighted by Crippen LogP contribution is 2.42. The molecule has 1 aliphatic heterocycles. The van der Waals surface area contributed by atoms with Crippen LogP contribution in [0.2, 0.25) is 0 Å². The average molecular weight is 441 g/mol. The molecule has 6 nitrogen and oxygen atoms in total. The van der Waals surface area contributed by atoms with Crippen molar-refractivity contribution < 1.29 is 0 Å². The molecule has 1 N–H and O–H groups in total. The predicted molar refractivity (Wildman–Crippen MR) is 132 cm³/mol. The molecule has 0 bridgehead atoms. The van der Waals surface area contributed by atoms with Crippen LogP contribution in [0.15, 0.2) is 91.4 Å². The van der Waals surface area contributed by atoms with Gasteiger partial charge in [0.1, 0.15) is 11.9 Å². The Hall–Kier alpha value is -3.71. The summed E-state index contributed by atoms with van der Waals surface area (Å²) in [5.41, 5.74) is 4.20. The number of benzene rings is 1. The van der Waals surface area contributed by atoms with Gasteiger partial charge in [-0.15, -0.1) is 0 Å². The van der Waals surface area contributed by atoms with E-state index in [1.54, 1.807) is 0 Å². The van der Waals surface area contributed by atoms with Crippen molar-refractivity contribution in [2.75, 3.05) is 23.9 Å². The minimum Gasteiger partial charge on any atom is -0.378 e. The molecule has 0 amide bonds. The average Bonchev–Trinajstić information content (AvgIpc) is 3.44. The molecule has 0 saturated carbocycles. The zero-order chi connectivity index (χ0) is 22.1. The summed E-state index contributed by atoms with van der Waals surface area (Å²) in [5.74, 6) is 0.869. The summed E-state index contributed by atoms with van der Waals surface area (Å²) in [4.78, 5) is 13.5. The van der Waals surface area contributed by atoms with Crippen molar-refractivity contribution in [1.29, 1.82) is 0 Å². The number of pyridine rings is 2. The van der Waals surface area contributed by atoms with E-state index in [0.717, 1.165) is 28.6 Å². The maximum atomic E-state index is 5.85. The molecule has 7 heteroatoms. The minimum absolute atomic E-state index is 0.0976. The maximum absolute atomic E-state index is 5.85. The molecule has 32 heavy (non-hydrogen) atoms. The van der Waals surface area contributed by atoms with Gasteiger partial charge in [0.05, 0.1) is 11.7 Å². The molecule has 2 atom stereocenters. The second-order valence-electron chi connectivity index (χ2n) is 7.90. The summed E-state index contributed by atoms with van der Waals surface area (Å²) in [6.45, 7) is 0. The third-order valence-electron chi connectivity index (χ3n) is 5.72. The van der Waals surface area contributed by atoms with Crippen molar-refractivity contribution in [2.24, 2.45) is 0 Å². The summed E-state index contributed by atoms with van der Waals surface area (Å²) in [6.07, 6.45) is 5.68. The van der Waals surface area contributed by atoms with E-state index in [1.807, 2.05) is 75.2 Å². The monoisotopic (exact) mass is 440 g/mol. The Morgan fingerprint density at radius 3 is 2.28 bits per heavy atom. The van der Waals surface area contributed by atoms with Gasteiger partial charge in [0.2, 0.25) is 0 Å². The highest BCUT2D eigenvalue weighted by atomic mass is 32.1. The second-order valence-corrected chi connectivity index (χ2v) is 8.29. The molecule has 1 aromatic carbocycles. The molecule has 0 aliphatic carbocycles. The molecule has 1 saturated heterocycles. The summed E-state index contributed by atoms with van der Waals surface area (Å²) in [6, 6.07) is 24.4. The van der Waals surface area contributed by atoms with Crippen LogP contribution >= 0.6 is 12.2 Å². The fraction of sp³-hybridized carbons (Fsp3) is 0.160. The van der Waals surface area contributed by atoms with Crippen molar-refractivity contribution >= 4 is 28.7 Å². The molecule has 4 aromatic rings. The first-order chi connectivity index (χ1) is 15.6. The van der Waals surface area contributed by atoms with Crippen molar-refractivity contribution in [3.63, 3.8) is 0 Å². The van der Waals surface area contributed by atoms with E-state index >= 15 is 0 Å². The van der Waals surface area contributed by atoms with Crippen LogP contribution in [0.4, 0.5) is 11.4 Å². The lowest BCUT2D eigenvalue weighted by molar-refractivity contribution is 0.548. The van der Waals surface area contributed by atoms with Crippen LogP contribution in [0, 0.1) is 0 Å². The summed E-state index contributed by atoms with van der Waals surface area (Å²) < 4.78 is 2.12. The Morgan fingerprint density at radius 1 is 0.875 bits per heavy atom. The third-order valence-corrected chi connectivity index (χ3v) is 6.04. The summed E-state index contributed by atoms with van der Waals surface area (Å²) in [5, 5.41) is 4.20. The predicted octanol–water partition coefficient (Wildman–Crippen LogP) is 4.51. The number of nitrogens with zero attached hydrogens (tertiary/aromatic N) is 5. The standard InChI is InChI=1S/C25H24N6S/c1-29(2)18-11-13-19(14-12-18)31-24(23(28-25(31)32)20-8-3-5-15-26-20)21-9-7-17-30(21)22-10-4-6-16-27-22/h3-17,23-24H,1-2H3,(H,28,32). The van der Waals surface area contributed by atoms with Crippen molar-refractivity contribution in [2.45, 2.75) is 12.1 Å². The van der Waals surface area contributed by atoms with Gasteiger partial charge in [0.25, 0.3) is 0 Å². The van der Waals surface area contributed by atoms with E-state index in [0.29, 0.717) is 5.11 Å². The Balaban J connectivity index is 1.64. The van der Waals surface area contributed by atoms with Crippen LogP contribution in [0.25, 0.3) is 5.82 Å². The number of thiocarbonyl (C=S) groups is 1. The van der Waals surface area contributed by atoms with Gasteiger partial charge in [0, 0.05) is 49.8 Å². The normalized spacial score (nSPS) is 17.9. The van der Waals surface area contributed by atoms with Gasteiger partial charge in [-0.1, -0.05) is 12.1 Å². The molecule has 160 valence electrons. The lowest BCUT2D eigenvalue weighted by Gasteiger charge is -2.29. The molecular weight excluding hydrogens is 416 g/mol. The third kappa shape index (κ3) is 3.61. The minimum atomic E-state index is -0.102. The van der Waals surface area contributed by atoms with Crippen molar-refractivity contribution in [1.82, 2.24) is 19.9 Å². The SMILES string of the molecule is CN(C)c1ccc(N2C(=S)NC(c3ccccn3)C2c2cccn2-c2ccccn2)cc1. The van der Waals surface area contributed by atoms with Crippen LogP contribution in [0.3, 0.4) is 0 Å². The fourth-order valence-electron chi connectivity index (χ4n) is 4.18. The number of anilines is 2. The molecule has 0 radical (unpaired) electrons. The lowest BCUT2D eigenvalue weighted by atomic mass is 10.0. The van der Waals surface area contributed by atoms with E-state index < -0.39 is 0 Å². The van der Waals surface area contributed by atoms with Crippen LogP contribution in [0.1, 0.15) is 23.5 Å². The molecule has 5 rings (SSSR count). The number of rotatable bonds is 5. The molecule has 3 aromatic heterocycles. The van der Waals surface area contributed by atoms with Crippen molar-refractivity contribution in [3.05, 3.63) is 103 Å². The van der Waals surface area contributed by atoms with Gasteiger partial charge in [-0.2, -0.15) is 0 Å². The first kappa shape index (κ1) is 20.2. The number of hydrogen-bond acceptors (Lipinski definition) is 4. The molecule has 2 unspecified atom stereocenters. The summed E-state index contributed by atoms with van der Waals surface area (Å²) in [7, 11) is 4.08. The van der Waals surface area contributed by atoms with Gasteiger partial charge in [-0.25, -0.2) is 4.98 Å². The van der Waals surface area contributed by atoms with Crippen LogP contribution in [-0.4, -0.2) is 33.7 Å². The highest BCUT2D eigenvalue weighted by Gasteiger charge is 2.42. The Labute approximate surface area is 193 Å². The number of aromatic nitrogens is 3. The Kier molecular flexibility index (Phi) is 5.33. The van der Waals surface area contributed by atoms with Gasteiger partial charge in [-0.05, 0) is 72.9 Å². The van der Waals surface area contributed by atoms with E-state index in [-0.39, 0.29) is 12.1 Å². The van der Waals surface area contributed by atoms with Crippen LogP contribution in [0.5, 0.6) is 0 Å². The highest BCUT2D eigenvalue weighted by molar-refractivity contribution is 7.80. The maximum Gasteiger partial charge on any atom is 0.174 e. The first-order valence-electron chi connectivity index (χ1n) is 10.5. The van der Waals surface area contributed by atoms with E-state index in [9.17, 15) is 0 Å². The lowest BCUT2D eigenvalue weighted by Crippen LogP contribution is -2.30. The largest absolute Gasteiger partial charge is 0.378 e. The van der Waals surface area contributed by atoms with Gasteiger partial charge >= 0.3 is 0 Å². The first-order valence-corrected chi connectivity index (χ1v) is 10.9. The Morgan fingerprint density at radius 2 is 1.62 bits per heavy atom. The smallest absolute Gasteiger partial charge is 0.174 e. The zero-order valence-corrected chi connectivity index (χ0v) is 18.8. The van der Waals surface area contributed by atoms with Gasteiger partial charge in [-0.3, -0.25) is 4.98 Å². The van der Waals surface area contributed by atoms with E-state index in [2.05, 4.69) is 60.0 Å². The topological polar surface area (TPSA) is 49.2 Å². The molecule has 4 heterocycles. The number of nitrogens with one attached hydrogen (secondary N) is 1. The number of hydrogen-bond donors (Lipinski definition) is 1. The Bertz CT molecular complexity index is 1200. The molecule has 1 fully saturated rings. The zero-order valence-electron chi connectivity index (χ0n) is 18.0. The second kappa shape index (κ2) is 8.43. The van der Waals surface area contributed by atoms with Gasteiger partial charge < -0.3 is 19.7 Å². The van der Waals surface area contributed by atoms with E-state index in [1.165, 1.54) is 0 Å². The van der Waals surface area contributed by atoms with E-state index in [4.69, 9.17) is 12.2 Å². The molecule has 1 aliphatic rings. The van der Waals surface area contributed by atoms with Crippen molar-refractivity contribution in [3.8, 4) is 5.82 Å². The van der Waals surface area contributed by atoms with Crippen LogP contribution < -0.4 is 15.1 Å². The van der Waals surface area contributed by atoms with Crippen LogP contribution in [-0.2, 0) is 0 Å². The van der Waals surface area contributed by atoms with Gasteiger partial charge in [0.15, 0.2) is 5.11 Å². The molecule has 0 spiro atoms. The fourth-order valence-corrected chi connectivity index (χ4v) is 4.53. The summed E-state index contributed by atoms with van der Waals surface area (Å²) >= 11 is 5.85. The quantitative estimate of drug-likeness (QED) is 0.461. The molecular formula is C25H24N6S.